The molecular formula is C18H14N2O2S. The summed E-state index contributed by atoms with van der Waals surface area (Å²) < 4.78 is 7.28. The van der Waals surface area contributed by atoms with Gasteiger partial charge in [-0.05, 0) is 36.1 Å². The van der Waals surface area contributed by atoms with E-state index in [2.05, 4.69) is 17.1 Å². The van der Waals surface area contributed by atoms with Crippen LogP contribution in [0.5, 0.6) is 0 Å². The number of thioether (sulfide) groups is 1. The van der Waals surface area contributed by atoms with E-state index in [-0.39, 0.29) is 5.56 Å². The molecule has 0 saturated heterocycles. The van der Waals surface area contributed by atoms with Gasteiger partial charge >= 0.3 is 0 Å². The predicted octanol–water partition coefficient (Wildman–Crippen LogP) is 3.91. The zero-order valence-electron chi connectivity index (χ0n) is 12.5. The summed E-state index contributed by atoms with van der Waals surface area (Å²) in [6.45, 7) is 0.480. The number of rotatable bonds is 3. The summed E-state index contributed by atoms with van der Waals surface area (Å²) in [5.74, 6) is 0. The number of nitrogens with zero attached hydrogens (tertiary/aromatic N) is 2. The van der Waals surface area contributed by atoms with Crippen LogP contribution < -0.4 is 5.56 Å². The molecule has 0 saturated carbocycles. The van der Waals surface area contributed by atoms with E-state index in [9.17, 15) is 4.79 Å². The number of furan rings is 1. The van der Waals surface area contributed by atoms with Gasteiger partial charge in [0.1, 0.15) is 11.1 Å². The third kappa shape index (κ3) is 2.43. The lowest BCUT2D eigenvalue weighted by molar-refractivity contribution is 0.642. The quantitative estimate of drug-likeness (QED) is 0.537. The van der Waals surface area contributed by atoms with E-state index in [0.29, 0.717) is 23.2 Å². The van der Waals surface area contributed by atoms with Gasteiger partial charge < -0.3 is 4.42 Å². The standard InChI is InChI=1S/C18H14N2O2S/c1-23-13-8-6-12(7-9-13)10-20-11-19-16-14-4-2-3-5-15(14)22-17(16)18(20)21/h2-9,11H,10H2,1H3. The molecule has 0 amide bonds. The maximum absolute atomic E-state index is 12.7. The fourth-order valence-electron chi connectivity index (χ4n) is 2.66. The molecule has 0 aliphatic carbocycles. The van der Waals surface area contributed by atoms with Crippen molar-refractivity contribution in [1.82, 2.24) is 9.55 Å². The van der Waals surface area contributed by atoms with Gasteiger partial charge in [-0.2, -0.15) is 0 Å². The first kappa shape index (κ1) is 14.1. The maximum Gasteiger partial charge on any atom is 0.297 e. The molecule has 4 rings (SSSR count). The molecule has 4 aromatic rings. The Morgan fingerprint density at radius 3 is 2.70 bits per heavy atom. The summed E-state index contributed by atoms with van der Waals surface area (Å²) in [5, 5.41) is 0.871. The maximum atomic E-state index is 12.7. The van der Waals surface area contributed by atoms with Crippen LogP contribution in [0.4, 0.5) is 0 Å². The molecule has 5 heteroatoms. The molecule has 23 heavy (non-hydrogen) atoms. The lowest BCUT2D eigenvalue weighted by Crippen LogP contribution is -2.20. The summed E-state index contributed by atoms with van der Waals surface area (Å²) in [5.41, 5.74) is 2.53. The Morgan fingerprint density at radius 1 is 1.13 bits per heavy atom. The molecule has 0 unspecified atom stereocenters. The molecule has 0 atom stereocenters. The van der Waals surface area contributed by atoms with Crippen LogP contribution >= 0.6 is 11.8 Å². The van der Waals surface area contributed by atoms with Crippen LogP contribution in [0.2, 0.25) is 0 Å². The summed E-state index contributed by atoms with van der Waals surface area (Å²) in [7, 11) is 0. The second-order valence-corrected chi connectivity index (χ2v) is 6.18. The first-order valence-electron chi connectivity index (χ1n) is 7.26. The molecule has 0 aliphatic rings. The third-order valence-corrected chi connectivity index (χ3v) is 4.61. The summed E-state index contributed by atoms with van der Waals surface area (Å²) in [6.07, 6.45) is 3.63. The van der Waals surface area contributed by atoms with Crippen molar-refractivity contribution in [2.75, 3.05) is 6.26 Å². The van der Waals surface area contributed by atoms with Gasteiger partial charge in [0.2, 0.25) is 5.58 Å². The highest BCUT2D eigenvalue weighted by atomic mass is 32.2. The molecule has 0 N–H and O–H groups in total. The van der Waals surface area contributed by atoms with Crippen molar-refractivity contribution in [2.24, 2.45) is 0 Å². The Hall–Kier alpha value is -2.53. The number of aromatic nitrogens is 2. The highest BCUT2D eigenvalue weighted by Gasteiger charge is 2.12. The van der Waals surface area contributed by atoms with Crippen LogP contribution in [-0.4, -0.2) is 15.8 Å². The molecule has 0 spiro atoms. The first-order chi connectivity index (χ1) is 11.3. The zero-order chi connectivity index (χ0) is 15.8. The Kier molecular flexibility index (Phi) is 3.42. The number of benzene rings is 2. The van der Waals surface area contributed by atoms with Crippen molar-refractivity contribution in [3.05, 3.63) is 70.8 Å². The smallest absolute Gasteiger partial charge is 0.297 e. The minimum atomic E-state index is -0.153. The molecule has 2 aromatic carbocycles. The van der Waals surface area contributed by atoms with E-state index in [1.165, 1.54) is 4.90 Å². The van der Waals surface area contributed by atoms with Crippen molar-refractivity contribution in [3.8, 4) is 0 Å². The lowest BCUT2D eigenvalue weighted by Gasteiger charge is -2.05. The lowest BCUT2D eigenvalue weighted by atomic mass is 10.2. The van der Waals surface area contributed by atoms with Gasteiger partial charge in [-0.25, -0.2) is 4.98 Å². The molecular weight excluding hydrogens is 308 g/mol. The van der Waals surface area contributed by atoms with E-state index in [1.807, 2.05) is 42.7 Å². The molecule has 0 radical (unpaired) electrons. The van der Waals surface area contributed by atoms with Crippen molar-refractivity contribution in [2.45, 2.75) is 11.4 Å². The molecule has 0 bridgehead atoms. The topological polar surface area (TPSA) is 48.0 Å². The highest BCUT2D eigenvalue weighted by molar-refractivity contribution is 7.98. The van der Waals surface area contributed by atoms with Crippen LogP contribution in [0.3, 0.4) is 0 Å². The normalized spacial score (nSPS) is 11.3. The van der Waals surface area contributed by atoms with Gasteiger partial charge in [0.05, 0.1) is 12.9 Å². The van der Waals surface area contributed by atoms with E-state index in [1.54, 1.807) is 22.7 Å². The second-order valence-electron chi connectivity index (χ2n) is 5.30. The predicted molar refractivity (Wildman–Crippen MR) is 93.1 cm³/mol. The largest absolute Gasteiger partial charge is 0.448 e. The number of hydrogen-bond donors (Lipinski definition) is 0. The fraction of sp³-hybridized carbons (Fsp3) is 0.111. The SMILES string of the molecule is CSc1ccc(Cn2cnc3c(oc4ccccc43)c2=O)cc1. The number of hydrogen-bond acceptors (Lipinski definition) is 4. The van der Waals surface area contributed by atoms with Crippen LogP contribution in [0.15, 0.2) is 69.0 Å². The third-order valence-electron chi connectivity index (χ3n) is 3.86. The van der Waals surface area contributed by atoms with Gasteiger partial charge in [-0.1, -0.05) is 24.3 Å². The van der Waals surface area contributed by atoms with Gasteiger partial charge in [0, 0.05) is 10.3 Å². The second kappa shape index (κ2) is 5.59. The minimum absolute atomic E-state index is 0.153. The molecule has 0 fully saturated rings. The van der Waals surface area contributed by atoms with Gasteiger partial charge in [-0.3, -0.25) is 9.36 Å². The summed E-state index contributed by atoms with van der Waals surface area (Å²) in [6, 6.07) is 15.7. The number of fused-ring (bicyclic) bond motifs is 3. The molecule has 2 heterocycles. The minimum Gasteiger partial charge on any atom is -0.448 e. The van der Waals surface area contributed by atoms with Gasteiger partial charge in [-0.15, -0.1) is 11.8 Å². The van der Waals surface area contributed by atoms with Crippen molar-refractivity contribution < 1.29 is 4.42 Å². The van der Waals surface area contributed by atoms with Crippen molar-refractivity contribution >= 4 is 33.8 Å². The Bertz CT molecular complexity index is 1050. The average Bonchev–Trinajstić information content (AvgIpc) is 2.98. The van der Waals surface area contributed by atoms with Crippen LogP contribution in [0.25, 0.3) is 22.1 Å². The van der Waals surface area contributed by atoms with Crippen LogP contribution in [0.1, 0.15) is 5.56 Å². The van der Waals surface area contributed by atoms with Crippen molar-refractivity contribution in [3.63, 3.8) is 0 Å². The van der Waals surface area contributed by atoms with Crippen molar-refractivity contribution in [1.29, 1.82) is 0 Å². The monoisotopic (exact) mass is 322 g/mol. The molecule has 114 valence electrons. The van der Waals surface area contributed by atoms with E-state index in [4.69, 9.17) is 4.42 Å². The summed E-state index contributed by atoms with van der Waals surface area (Å²) >= 11 is 1.70. The van der Waals surface area contributed by atoms with E-state index < -0.39 is 0 Å². The molecule has 2 aromatic heterocycles. The molecule has 4 nitrogen and oxygen atoms in total. The highest BCUT2D eigenvalue weighted by Crippen LogP contribution is 2.24. The van der Waals surface area contributed by atoms with Gasteiger partial charge in [0.25, 0.3) is 5.56 Å². The Balaban J connectivity index is 1.79. The zero-order valence-corrected chi connectivity index (χ0v) is 13.3. The fourth-order valence-corrected chi connectivity index (χ4v) is 3.06. The van der Waals surface area contributed by atoms with Crippen LogP contribution in [0, 0.1) is 0 Å². The Labute approximate surface area is 136 Å². The summed E-state index contributed by atoms with van der Waals surface area (Å²) in [4.78, 5) is 18.3. The van der Waals surface area contributed by atoms with E-state index >= 15 is 0 Å². The van der Waals surface area contributed by atoms with E-state index in [0.717, 1.165) is 10.9 Å². The van der Waals surface area contributed by atoms with Gasteiger partial charge in [0.15, 0.2) is 0 Å². The average molecular weight is 322 g/mol. The van der Waals surface area contributed by atoms with Crippen LogP contribution in [-0.2, 0) is 6.54 Å². The first-order valence-corrected chi connectivity index (χ1v) is 8.48. The number of para-hydroxylation sites is 1. The Morgan fingerprint density at radius 2 is 1.91 bits per heavy atom. The molecule has 0 aliphatic heterocycles.